The Bertz CT molecular complexity index is 1130. The van der Waals surface area contributed by atoms with E-state index in [-0.39, 0.29) is 16.2 Å². The predicted molar refractivity (Wildman–Crippen MR) is 121 cm³/mol. The van der Waals surface area contributed by atoms with Gasteiger partial charge >= 0.3 is 0 Å². The van der Waals surface area contributed by atoms with Gasteiger partial charge in [-0.1, -0.05) is 11.6 Å². The Morgan fingerprint density at radius 1 is 1.14 bits per heavy atom. The quantitative estimate of drug-likeness (QED) is 0.434. The van der Waals surface area contributed by atoms with Gasteiger partial charge in [0.2, 0.25) is 5.88 Å². The molecule has 0 radical (unpaired) electrons. The van der Waals surface area contributed by atoms with Crippen LogP contribution in [0.3, 0.4) is 0 Å². The predicted octanol–water partition coefficient (Wildman–Crippen LogP) is 4.85. The highest BCUT2D eigenvalue weighted by Crippen LogP contribution is 2.22. The zero-order valence-corrected chi connectivity index (χ0v) is 17.7. The molecule has 0 saturated heterocycles. The molecule has 0 aliphatic rings. The lowest BCUT2D eigenvalue weighted by Crippen LogP contribution is -2.21. The number of anilines is 1. The van der Waals surface area contributed by atoms with Crippen LogP contribution in [0.4, 0.5) is 11.4 Å². The van der Waals surface area contributed by atoms with E-state index in [1.807, 2.05) is 24.3 Å². The van der Waals surface area contributed by atoms with Crippen LogP contribution in [0.1, 0.15) is 19.4 Å². The topological polar surface area (TPSA) is 73.6 Å². The minimum absolute atomic E-state index is 0.0152. The number of hydrogen-bond acceptors (Lipinski definition) is 5. The number of aromatic hydroxyl groups is 1. The molecule has 0 bridgehead atoms. The number of aliphatic imine (C=N–C) groups is 1. The molecule has 0 aliphatic carbocycles. The van der Waals surface area contributed by atoms with E-state index in [9.17, 15) is 9.90 Å². The molecule has 0 amide bonds. The summed E-state index contributed by atoms with van der Waals surface area (Å²) in [5.41, 5.74) is 1.85. The molecular formula is C21H21ClN4O2S. The summed E-state index contributed by atoms with van der Waals surface area (Å²) in [6.45, 7) is 6.04. The van der Waals surface area contributed by atoms with Crippen molar-refractivity contribution in [3.05, 3.63) is 74.2 Å². The number of nitrogens with zero attached hydrogens (tertiary/aromatic N) is 3. The number of aromatic amines is 1. The summed E-state index contributed by atoms with van der Waals surface area (Å²) in [7, 11) is 0. The number of benzene rings is 2. The average molecular weight is 429 g/mol. The van der Waals surface area contributed by atoms with Gasteiger partial charge in [-0.05, 0) is 74.6 Å². The summed E-state index contributed by atoms with van der Waals surface area (Å²) in [4.78, 5) is 21.5. The molecule has 8 heteroatoms. The van der Waals surface area contributed by atoms with Crippen molar-refractivity contribution in [1.82, 2.24) is 9.55 Å². The van der Waals surface area contributed by atoms with E-state index in [0.717, 1.165) is 18.8 Å². The van der Waals surface area contributed by atoms with Crippen LogP contribution in [0, 0.1) is 4.77 Å². The van der Waals surface area contributed by atoms with E-state index in [1.54, 1.807) is 24.3 Å². The highest BCUT2D eigenvalue weighted by Gasteiger charge is 2.12. The summed E-state index contributed by atoms with van der Waals surface area (Å²) in [6.07, 6.45) is 1.34. The van der Waals surface area contributed by atoms with Crippen molar-refractivity contribution in [3.8, 4) is 11.6 Å². The maximum Gasteiger partial charge on any atom is 0.264 e. The molecule has 3 aromatic rings. The summed E-state index contributed by atoms with van der Waals surface area (Å²) in [5, 5.41) is 11.2. The second kappa shape index (κ2) is 9.07. The van der Waals surface area contributed by atoms with Crippen molar-refractivity contribution in [2.45, 2.75) is 13.8 Å². The number of rotatable bonds is 6. The van der Waals surface area contributed by atoms with Crippen LogP contribution in [-0.4, -0.2) is 34.0 Å². The minimum atomic E-state index is -0.513. The monoisotopic (exact) mass is 428 g/mol. The highest BCUT2D eigenvalue weighted by atomic mass is 35.5. The van der Waals surface area contributed by atoms with Crippen LogP contribution in [0.2, 0.25) is 5.02 Å². The van der Waals surface area contributed by atoms with E-state index in [0.29, 0.717) is 16.4 Å². The van der Waals surface area contributed by atoms with Gasteiger partial charge in [0.1, 0.15) is 5.56 Å². The summed E-state index contributed by atoms with van der Waals surface area (Å²) < 4.78 is 1.44. The first-order valence-electron chi connectivity index (χ1n) is 9.18. The van der Waals surface area contributed by atoms with Crippen LogP contribution in [-0.2, 0) is 0 Å². The lowest BCUT2D eigenvalue weighted by atomic mass is 10.2. The van der Waals surface area contributed by atoms with Crippen LogP contribution in [0.5, 0.6) is 5.88 Å². The van der Waals surface area contributed by atoms with Crippen LogP contribution in [0.25, 0.3) is 5.69 Å². The van der Waals surface area contributed by atoms with Gasteiger partial charge in [-0.15, -0.1) is 0 Å². The van der Waals surface area contributed by atoms with Crippen molar-refractivity contribution in [3.63, 3.8) is 0 Å². The van der Waals surface area contributed by atoms with E-state index in [2.05, 4.69) is 28.7 Å². The molecule has 1 heterocycles. The van der Waals surface area contributed by atoms with Gasteiger partial charge in [0.25, 0.3) is 5.56 Å². The first-order chi connectivity index (χ1) is 13.9. The molecule has 150 valence electrons. The molecule has 6 nitrogen and oxygen atoms in total. The first-order valence-corrected chi connectivity index (χ1v) is 9.96. The van der Waals surface area contributed by atoms with Crippen LogP contribution >= 0.6 is 23.8 Å². The molecular weight excluding hydrogens is 408 g/mol. The van der Waals surface area contributed by atoms with Gasteiger partial charge in [0, 0.05) is 30.0 Å². The van der Waals surface area contributed by atoms with Crippen molar-refractivity contribution in [2.75, 3.05) is 18.0 Å². The van der Waals surface area contributed by atoms with Crippen molar-refractivity contribution >= 4 is 41.4 Å². The molecule has 0 saturated carbocycles. The Hall–Kier alpha value is -2.90. The van der Waals surface area contributed by atoms with Crippen LogP contribution in [0.15, 0.2) is 58.3 Å². The molecule has 1 aromatic heterocycles. The van der Waals surface area contributed by atoms with Gasteiger partial charge in [-0.3, -0.25) is 19.3 Å². The molecule has 0 aliphatic heterocycles. The average Bonchev–Trinajstić information content (AvgIpc) is 2.71. The number of H-pyrrole nitrogens is 1. The fourth-order valence-electron chi connectivity index (χ4n) is 2.96. The van der Waals surface area contributed by atoms with E-state index < -0.39 is 5.56 Å². The lowest BCUT2D eigenvalue weighted by Gasteiger charge is -2.20. The molecule has 0 spiro atoms. The minimum Gasteiger partial charge on any atom is -0.494 e. The van der Waals surface area contributed by atoms with Gasteiger partial charge in [-0.2, -0.15) is 0 Å². The SMILES string of the molecule is CCN(CC)c1ccc(N=Cc2c(O)n(-c3ccc(Cl)cc3)c(=S)[nH]c2=O)cc1. The number of nitrogens with one attached hydrogen (secondary N) is 1. The fourth-order valence-corrected chi connectivity index (χ4v) is 3.37. The van der Waals surface area contributed by atoms with Gasteiger partial charge < -0.3 is 10.0 Å². The zero-order valence-electron chi connectivity index (χ0n) is 16.1. The normalized spacial score (nSPS) is 11.1. The largest absolute Gasteiger partial charge is 0.494 e. The summed E-state index contributed by atoms with van der Waals surface area (Å²) in [6, 6.07) is 14.4. The van der Waals surface area contributed by atoms with Crippen molar-refractivity contribution in [2.24, 2.45) is 4.99 Å². The van der Waals surface area contributed by atoms with Crippen molar-refractivity contribution in [1.29, 1.82) is 0 Å². The molecule has 2 aromatic carbocycles. The maximum absolute atomic E-state index is 12.3. The van der Waals surface area contributed by atoms with E-state index >= 15 is 0 Å². The molecule has 3 rings (SSSR count). The number of aromatic nitrogens is 2. The fraction of sp³-hybridized carbons (Fsp3) is 0.190. The first kappa shape index (κ1) is 20.8. The molecule has 0 fully saturated rings. The van der Waals surface area contributed by atoms with Gasteiger partial charge in [0.15, 0.2) is 4.77 Å². The number of hydrogen-bond donors (Lipinski definition) is 2. The van der Waals surface area contributed by atoms with Crippen LogP contribution < -0.4 is 10.5 Å². The smallest absolute Gasteiger partial charge is 0.264 e. The summed E-state index contributed by atoms with van der Waals surface area (Å²) in [5.74, 6) is -0.287. The summed E-state index contributed by atoms with van der Waals surface area (Å²) >= 11 is 11.1. The molecule has 0 atom stereocenters. The third-order valence-electron chi connectivity index (χ3n) is 4.53. The zero-order chi connectivity index (χ0) is 21.0. The third kappa shape index (κ3) is 4.58. The maximum atomic E-state index is 12.3. The van der Waals surface area contributed by atoms with Gasteiger partial charge in [0.05, 0.1) is 11.4 Å². The molecule has 0 unspecified atom stereocenters. The molecule has 2 N–H and O–H groups in total. The Morgan fingerprint density at radius 3 is 2.34 bits per heavy atom. The van der Waals surface area contributed by atoms with Crippen molar-refractivity contribution < 1.29 is 5.11 Å². The van der Waals surface area contributed by atoms with E-state index in [4.69, 9.17) is 23.8 Å². The number of halogens is 1. The Morgan fingerprint density at radius 2 is 1.76 bits per heavy atom. The van der Waals surface area contributed by atoms with Gasteiger partial charge in [-0.25, -0.2) is 0 Å². The Kier molecular flexibility index (Phi) is 6.51. The van der Waals surface area contributed by atoms with E-state index in [1.165, 1.54) is 10.8 Å². The lowest BCUT2D eigenvalue weighted by molar-refractivity contribution is 0.432. The Labute approximate surface area is 178 Å². The second-order valence-corrected chi connectivity index (χ2v) is 7.08. The highest BCUT2D eigenvalue weighted by molar-refractivity contribution is 7.71. The standard InChI is InChI=1S/C21H21ClN4O2S/c1-3-25(4-2)16-11-7-15(8-12-16)23-13-18-19(27)24-21(29)26(20(18)28)17-9-5-14(22)6-10-17/h5-13,28H,3-4H2,1-2H3,(H,24,27,29). The second-order valence-electron chi connectivity index (χ2n) is 6.26. The molecule has 29 heavy (non-hydrogen) atoms. The third-order valence-corrected chi connectivity index (χ3v) is 5.06. The Balaban J connectivity index is 1.97.